The van der Waals surface area contributed by atoms with Crippen LogP contribution in [0.3, 0.4) is 0 Å². The molecule has 0 N–H and O–H groups in total. The maximum atomic E-state index is 13.3. The second-order valence-electron chi connectivity index (χ2n) is 3.40. The van der Waals surface area contributed by atoms with Gasteiger partial charge in [-0.2, -0.15) is 0 Å². The summed E-state index contributed by atoms with van der Waals surface area (Å²) in [6.07, 6.45) is 1.98. The maximum absolute atomic E-state index is 13.3. The number of hydrogen-bond acceptors (Lipinski definition) is 0. The zero-order chi connectivity index (χ0) is 8.72. The van der Waals surface area contributed by atoms with Gasteiger partial charge >= 0.3 is 0 Å². The van der Waals surface area contributed by atoms with Crippen molar-refractivity contribution in [3.8, 4) is 0 Å². The summed E-state index contributed by atoms with van der Waals surface area (Å²) in [5, 5.41) is 0. The fourth-order valence-corrected chi connectivity index (χ4v) is 2.29. The van der Waals surface area contributed by atoms with Gasteiger partial charge in [0.15, 0.2) is 0 Å². The van der Waals surface area contributed by atoms with Gasteiger partial charge in [-0.15, -0.1) is 0 Å². The van der Waals surface area contributed by atoms with Crippen molar-refractivity contribution in [2.45, 2.75) is 25.7 Å². The first-order chi connectivity index (χ1) is 5.68. The predicted molar refractivity (Wildman–Crippen MR) is 50.8 cm³/mol. The number of rotatable bonds is 0. The first-order valence-electron chi connectivity index (χ1n) is 4.16. The molecule has 0 saturated carbocycles. The summed E-state index contributed by atoms with van der Waals surface area (Å²) in [6, 6.07) is 3.59. The van der Waals surface area contributed by atoms with Gasteiger partial charge in [-0.3, -0.25) is 0 Å². The molecule has 1 aromatic rings. The molecule has 0 fully saturated rings. The molecule has 0 aromatic heterocycles. The zero-order valence-corrected chi connectivity index (χ0v) is 8.49. The van der Waals surface area contributed by atoms with E-state index in [1.165, 1.54) is 5.56 Å². The van der Waals surface area contributed by atoms with Crippen LogP contribution in [-0.2, 0) is 6.42 Å². The van der Waals surface area contributed by atoms with Crippen molar-refractivity contribution < 1.29 is 4.39 Å². The van der Waals surface area contributed by atoms with E-state index in [4.69, 9.17) is 0 Å². The topological polar surface area (TPSA) is 0 Å². The van der Waals surface area contributed by atoms with Crippen molar-refractivity contribution in [2.24, 2.45) is 0 Å². The van der Waals surface area contributed by atoms with Crippen LogP contribution in [0.15, 0.2) is 16.6 Å². The van der Waals surface area contributed by atoms with Gasteiger partial charge in [0, 0.05) is 4.47 Å². The first kappa shape index (κ1) is 8.24. The Balaban J connectivity index is 2.60. The van der Waals surface area contributed by atoms with E-state index in [1.54, 1.807) is 6.07 Å². The summed E-state index contributed by atoms with van der Waals surface area (Å²) in [7, 11) is 0. The Morgan fingerprint density at radius 3 is 3.00 bits per heavy atom. The highest BCUT2D eigenvalue weighted by Crippen LogP contribution is 2.35. The lowest BCUT2D eigenvalue weighted by Gasteiger charge is -2.05. The van der Waals surface area contributed by atoms with Gasteiger partial charge in [-0.1, -0.05) is 22.9 Å². The van der Waals surface area contributed by atoms with Crippen LogP contribution >= 0.6 is 15.9 Å². The number of hydrogen-bond donors (Lipinski definition) is 0. The summed E-state index contributed by atoms with van der Waals surface area (Å²) < 4.78 is 14.1. The molecule has 0 radical (unpaired) electrons. The molecule has 1 aromatic carbocycles. The first-order valence-corrected chi connectivity index (χ1v) is 4.95. The van der Waals surface area contributed by atoms with E-state index in [9.17, 15) is 4.39 Å². The van der Waals surface area contributed by atoms with E-state index < -0.39 is 0 Å². The van der Waals surface area contributed by atoms with Gasteiger partial charge in [0.05, 0.1) is 0 Å². The molecule has 0 spiro atoms. The van der Waals surface area contributed by atoms with E-state index in [1.807, 2.05) is 6.07 Å². The number of benzene rings is 1. The minimum atomic E-state index is -0.0521. The standard InChI is InChI=1S/C10H10BrF/c1-6-2-3-8-9(6)4-7(11)5-10(8)12/h4-6H,2-3H2,1H3. The molecule has 0 nitrogen and oxygen atoms in total. The van der Waals surface area contributed by atoms with E-state index >= 15 is 0 Å². The molecule has 1 unspecified atom stereocenters. The zero-order valence-electron chi connectivity index (χ0n) is 6.90. The van der Waals surface area contributed by atoms with Gasteiger partial charge in [0.1, 0.15) is 5.82 Å². The molecule has 1 atom stereocenters. The van der Waals surface area contributed by atoms with E-state index in [-0.39, 0.29) is 5.82 Å². The number of halogens is 2. The third kappa shape index (κ3) is 1.18. The van der Waals surface area contributed by atoms with E-state index in [0.29, 0.717) is 5.92 Å². The SMILES string of the molecule is CC1CCc2c(F)cc(Br)cc21. The molecule has 0 amide bonds. The van der Waals surface area contributed by atoms with Gasteiger partial charge < -0.3 is 0 Å². The Morgan fingerprint density at radius 2 is 2.25 bits per heavy atom. The van der Waals surface area contributed by atoms with Gasteiger partial charge in [0.25, 0.3) is 0 Å². The Hall–Kier alpha value is -0.370. The lowest BCUT2D eigenvalue weighted by molar-refractivity contribution is 0.611. The fraction of sp³-hybridized carbons (Fsp3) is 0.400. The lowest BCUT2D eigenvalue weighted by Crippen LogP contribution is -1.90. The highest BCUT2D eigenvalue weighted by Gasteiger charge is 2.21. The van der Waals surface area contributed by atoms with Crippen LogP contribution in [0.1, 0.15) is 30.4 Å². The molecule has 0 heterocycles. The van der Waals surface area contributed by atoms with Crippen molar-refractivity contribution in [3.05, 3.63) is 33.5 Å². The molecule has 1 aliphatic rings. The quantitative estimate of drug-likeness (QED) is 0.637. The minimum absolute atomic E-state index is 0.0521. The van der Waals surface area contributed by atoms with Crippen LogP contribution in [0.5, 0.6) is 0 Å². The normalized spacial score (nSPS) is 21.1. The van der Waals surface area contributed by atoms with Crippen molar-refractivity contribution in [1.29, 1.82) is 0 Å². The van der Waals surface area contributed by atoms with E-state index in [2.05, 4.69) is 22.9 Å². The molecular weight excluding hydrogens is 219 g/mol. The average molecular weight is 229 g/mol. The highest BCUT2D eigenvalue weighted by molar-refractivity contribution is 9.10. The van der Waals surface area contributed by atoms with Gasteiger partial charge in [-0.25, -0.2) is 4.39 Å². The largest absolute Gasteiger partial charge is 0.207 e. The average Bonchev–Trinajstić information content (AvgIpc) is 2.33. The van der Waals surface area contributed by atoms with Gasteiger partial charge in [-0.05, 0) is 42.0 Å². The second kappa shape index (κ2) is 2.84. The lowest BCUT2D eigenvalue weighted by atomic mass is 10.0. The predicted octanol–water partition coefficient (Wildman–Crippen LogP) is 3.64. The van der Waals surface area contributed by atoms with Crippen molar-refractivity contribution >= 4 is 15.9 Å². The van der Waals surface area contributed by atoms with Crippen molar-refractivity contribution in [2.75, 3.05) is 0 Å². The van der Waals surface area contributed by atoms with Crippen LogP contribution in [-0.4, -0.2) is 0 Å². The molecule has 1 aliphatic carbocycles. The summed E-state index contributed by atoms with van der Waals surface area (Å²) >= 11 is 3.30. The third-order valence-corrected chi connectivity index (χ3v) is 3.01. The molecule has 64 valence electrons. The monoisotopic (exact) mass is 228 g/mol. The summed E-state index contributed by atoms with van der Waals surface area (Å²) in [6.45, 7) is 2.15. The molecule has 12 heavy (non-hydrogen) atoms. The maximum Gasteiger partial charge on any atom is 0.127 e. The van der Waals surface area contributed by atoms with Crippen LogP contribution < -0.4 is 0 Å². The summed E-state index contributed by atoms with van der Waals surface area (Å²) in [4.78, 5) is 0. The highest BCUT2D eigenvalue weighted by atomic mass is 79.9. The van der Waals surface area contributed by atoms with Crippen LogP contribution in [0, 0.1) is 5.82 Å². The Bertz CT molecular complexity index is 320. The van der Waals surface area contributed by atoms with Crippen LogP contribution in [0.4, 0.5) is 4.39 Å². The molecule has 2 heteroatoms. The molecule has 0 bridgehead atoms. The summed E-state index contributed by atoms with van der Waals surface area (Å²) in [5.74, 6) is 0.468. The third-order valence-electron chi connectivity index (χ3n) is 2.55. The Labute approximate surface area is 79.9 Å². The molecular formula is C10H10BrF. The number of fused-ring (bicyclic) bond motifs is 1. The van der Waals surface area contributed by atoms with Gasteiger partial charge in [0.2, 0.25) is 0 Å². The minimum Gasteiger partial charge on any atom is -0.207 e. The smallest absolute Gasteiger partial charge is 0.127 e. The van der Waals surface area contributed by atoms with Crippen molar-refractivity contribution in [3.63, 3.8) is 0 Å². The Kier molecular flexibility index (Phi) is 1.95. The Morgan fingerprint density at radius 1 is 1.50 bits per heavy atom. The molecule has 0 aliphatic heterocycles. The second-order valence-corrected chi connectivity index (χ2v) is 4.31. The molecule has 0 saturated heterocycles. The van der Waals surface area contributed by atoms with Crippen LogP contribution in [0.2, 0.25) is 0 Å². The molecule has 2 rings (SSSR count). The summed E-state index contributed by atoms with van der Waals surface area (Å²) in [5.41, 5.74) is 2.10. The van der Waals surface area contributed by atoms with Crippen molar-refractivity contribution in [1.82, 2.24) is 0 Å². The van der Waals surface area contributed by atoms with Crippen LogP contribution in [0.25, 0.3) is 0 Å². The fourth-order valence-electron chi connectivity index (χ4n) is 1.84. The van der Waals surface area contributed by atoms with E-state index in [0.717, 1.165) is 22.9 Å².